The second-order valence-electron chi connectivity index (χ2n) is 3.86. The van der Waals surface area contributed by atoms with Gasteiger partial charge in [0.2, 0.25) is 0 Å². The lowest BCUT2D eigenvalue weighted by Crippen LogP contribution is -2.19. The van der Waals surface area contributed by atoms with Gasteiger partial charge in [-0.25, -0.2) is 0 Å². The van der Waals surface area contributed by atoms with Crippen molar-refractivity contribution in [3.05, 3.63) is 23.7 Å². The molecule has 3 nitrogen and oxygen atoms in total. The monoisotopic (exact) mass is 225 g/mol. The van der Waals surface area contributed by atoms with Gasteiger partial charge >= 0.3 is 0 Å². The minimum absolute atomic E-state index is 0.779. The molecule has 16 heavy (non-hydrogen) atoms. The zero-order chi connectivity index (χ0) is 11.6. The molecule has 0 aromatic carbocycles. The third kappa shape index (κ3) is 5.33. The Balaban J connectivity index is 1.98. The average Bonchev–Trinajstić information content (AvgIpc) is 2.76. The lowest BCUT2D eigenvalue weighted by atomic mass is 10.3. The van der Waals surface area contributed by atoms with Gasteiger partial charge in [-0.1, -0.05) is 20.3 Å². The van der Waals surface area contributed by atoms with E-state index in [4.69, 9.17) is 9.15 Å². The molecule has 0 fully saturated rings. The van der Waals surface area contributed by atoms with Crippen molar-refractivity contribution in [1.29, 1.82) is 0 Å². The molecule has 0 atom stereocenters. The standard InChI is InChI=1S/C13H23NO2/c1-3-5-9-15-10-8-14-11-13-7-6-12(4-2)16-13/h6-7,14H,3-5,8-11H2,1-2H3. The smallest absolute Gasteiger partial charge is 0.117 e. The summed E-state index contributed by atoms with van der Waals surface area (Å²) in [6.45, 7) is 7.59. The van der Waals surface area contributed by atoms with E-state index in [-0.39, 0.29) is 0 Å². The summed E-state index contributed by atoms with van der Waals surface area (Å²) in [4.78, 5) is 0. The van der Waals surface area contributed by atoms with E-state index in [1.165, 1.54) is 6.42 Å². The van der Waals surface area contributed by atoms with E-state index >= 15 is 0 Å². The van der Waals surface area contributed by atoms with Crippen LogP contribution in [0.2, 0.25) is 0 Å². The molecule has 0 amide bonds. The molecule has 0 aliphatic heterocycles. The molecular formula is C13H23NO2. The number of hydrogen-bond donors (Lipinski definition) is 1. The van der Waals surface area contributed by atoms with Gasteiger partial charge in [0.25, 0.3) is 0 Å². The zero-order valence-electron chi connectivity index (χ0n) is 10.4. The first-order valence-corrected chi connectivity index (χ1v) is 6.22. The second-order valence-corrected chi connectivity index (χ2v) is 3.86. The predicted octanol–water partition coefficient (Wildman–Crippen LogP) is 2.75. The van der Waals surface area contributed by atoms with Gasteiger partial charge in [-0.15, -0.1) is 0 Å². The van der Waals surface area contributed by atoms with Crippen molar-refractivity contribution < 1.29 is 9.15 Å². The van der Waals surface area contributed by atoms with E-state index < -0.39 is 0 Å². The van der Waals surface area contributed by atoms with Crippen LogP contribution in [0.1, 0.15) is 38.2 Å². The van der Waals surface area contributed by atoms with Gasteiger partial charge in [0.1, 0.15) is 11.5 Å². The average molecular weight is 225 g/mol. The van der Waals surface area contributed by atoms with Gasteiger partial charge in [0.05, 0.1) is 13.2 Å². The van der Waals surface area contributed by atoms with E-state index in [1.54, 1.807) is 0 Å². The highest BCUT2D eigenvalue weighted by Gasteiger charge is 1.99. The number of hydrogen-bond acceptors (Lipinski definition) is 3. The minimum Gasteiger partial charge on any atom is -0.465 e. The fraction of sp³-hybridized carbons (Fsp3) is 0.692. The maximum absolute atomic E-state index is 5.57. The van der Waals surface area contributed by atoms with Crippen LogP contribution in [0.15, 0.2) is 16.5 Å². The fourth-order valence-electron chi connectivity index (χ4n) is 1.41. The molecule has 1 aromatic heterocycles. The van der Waals surface area contributed by atoms with Gasteiger partial charge in [0.15, 0.2) is 0 Å². The van der Waals surface area contributed by atoms with Crippen LogP contribution in [-0.2, 0) is 17.7 Å². The number of rotatable bonds is 9. The number of furan rings is 1. The van der Waals surface area contributed by atoms with Crippen LogP contribution in [-0.4, -0.2) is 19.8 Å². The molecule has 1 heterocycles. The highest BCUT2D eigenvalue weighted by molar-refractivity contribution is 5.06. The number of unbranched alkanes of at least 4 members (excludes halogenated alkanes) is 1. The highest BCUT2D eigenvalue weighted by Crippen LogP contribution is 2.07. The van der Waals surface area contributed by atoms with Crippen molar-refractivity contribution in [1.82, 2.24) is 5.32 Å². The van der Waals surface area contributed by atoms with Crippen LogP contribution in [0.25, 0.3) is 0 Å². The van der Waals surface area contributed by atoms with Gasteiger partial charge in [-0.05, 0) is 18.6 Å². The summed E-state index contributed by atoms with van der Waals surface area (Å²) in [5.74, 6) is 2.06. The number of ether oxygens (including phenoxy) is 1. The molecular weight excluding hydrogens is 202 g/mol. The first kappa shape index (κ1) is 13.3. The van der Waals surface area contributed by atoms with Gasteiger partial charge in [-0.3, -0.25) is 0 Å². The Hall–Kier alpha value is -0.800. The molecule has 1 rings (SSSR count). The van der Waals surface area contributed by atoms with E-state index in [0.717, 1.165) is 50.7 Å². The topological polar surface area (TPSA) is 34.4 Å². The third-order valence-corrected chi connectivity index (χ3v) is 2.43. The van der Waals surface area contributed by atoms with Crippen LogP contribution >= 0.6 is 0 Å². The van der Waals surface area contributed by atoms with Gasteiger partial charge in [-0.2, -0.15) is 0 Å². The maximum Gasteiger partial charge on any atom is 0.117 e. The molecule has 0 saturated heterocycles. The fourth-order valence-corrected chi connectivity index (χ4v) is 1.41. The molecule has 0 aliphatic rings. The molecule has 0 bridgehead atoms. The normalized spacial score (nSPS) is 10.9. The Kier molecular flexibility index (Phi) is 6.93. The highest BCUT2D eigenvalue weighted by atomic mass is 16.5. The van der Waals surface area contributed by atoms with Crippen LogP contribution < -0.4 is 5.32 Å². The molecule has 0 unspecified atom stereocenters. The van der Waals surface area contributed by atoms with Gasteiger partial charge < -0.3 is 14.5 Å². The minimum atomic E-state index is 0.779. The zero-order valence-corrected chi connectivity index (χ0v) is 10.4. The van der Waals surface area contributed by atoms with Crippen LogP contribution in [0.3, 0.4) is 0 Å². The van der Waals surface area contributed by atoms with Crippen molar-refractivity contribution in [2.75, 3.05) is 19.8 Å². The summed E-state index contributed by atoms with van der Waals surface area (Å²) in [6.07, 6.45) is 3.30. The Morgan fingerprint density at radius 1 is 1.19 bits per heavy atom. The summed E-state index contributed by atoms with van der Waals surface area (Å²) in [6, 6.07) is 4.07. The Morgan fingerprint density at radius 3 is 2.69 bits per heavy atom. The van der Waals surface area contributed by atoms with Crippen LogP contribution in [0.5, 0.6) is 0 Å². The van der Waals surface area contributed by atoms with E-state index in [1.807, 2.05) is 12.1 Å². The Morgan fingerprint density at radius 2 is 2.00 bits per heavy atom. The summed E-state index contributed by atoms with van der Waals surface area (Å²) in [7, 11) is 0. The van der Waals surface area contributed by atoms with Gasteiger partial charge in [0, 0.05) is 19.6 Å². The molecule has 0 saturated carbocycles. The van der Waals surface area contributed by atoms with Crippen molar-refractivity contribution in [3.8, 4) is 0 Å². The van der Waals surface area contributed by atoms with Crippen molar-refractivity contribution in [3.63, 3.8) is 0 Å². The summed E-state index contributed by atoms with van der Waals surface area (Å²) >= 11 is 0. The molecule has 0 radical (unpaired) electrons. The van der Waals surface area contributed by atoms with Crippen molar-refractivity contribution in [2.45, 2.75) is 39.7 Å². The lowest BCUT2D eigenvalue weighted by molar-refractivity contribution is 0.132. The molecule has 0 aliphatic carbocycles. The molecule has 0 spiro atoms. The SMILES string of the molecule is CCCCOCCNCc1ccc(CC)o1. The summed E-state index contributed by atoms with van der Waals surface area (Å²) in [5.41, 5.74) is 0. The molecule has 1 aromatic rings. The van der Waals surface area contributed by atoms with Crippen molar-refractivity contribution >= 4 is 0 Å². The number of nitrogens with one attached hydrogen (secondary N) is 1. The van der Waals surface area contributed by atoms with Crippen LogP contribution in [0, 0.1) is 0 Å². The molecule has 3 heteroatoms. The largest absolute Gasteiger partial charge is 0.465 e. The van der Waals surface area contributed by atoms with E-state index in [9.17, 15) is 0 Å². The Labute approximate surface area is 98.2 Å². The maximum atomic E-state index is 5.57. The Bertz CT molecular complexity index is 271. The third-order valence-electron chi connectivity index (χ3n) is 2.43. The van der Waals surface area contributed by atoms with E-state index in [2.05, 4.69) is 19.2 Å². The molecule has 92 valence electrons. The first-order valence-electron chi connectivity index (χ1n) is 6.22. The number of aryl methyl sites for hydroxylation is 1. The van der Waals surface area contributed by atoms with Crippen LogP contribution in [0.4, 0.5) is 0 Å². The summed E-state index contributed by atoms with van der Waals surface area (Å²) < 4.78 is 11.0. The quantitative estimate of drug-likeness (QED) is 0.656. The van der Waals surface area contributed by atoms with Crippen molar-refractivity contribution in [2.24, 2.45) is 0 Å². The lowest BCUT2D eigenvalue weighted by Gasteiger charge is -2.04. The summed E-state index contributed by atoms with van der Waals surface area (Å²) in [5, 5.41) is 3.30. The first-order chi connectivity index (χ1) is 7.86. The second kappa shape index (κ2) is 8.36. The predicted molar refractivity (Wildman–Crippen MR) is 65.5 cm³/mol. The van der Waals surface area contributed by atoms with E-state index in [0.29, 0.717) is 0 Å². The molecule has 1 N–H and O–H groups in total.